The molecule has 0 radical (unpaired) electrons. The van der Waals surface area contributed by atoms with Crippen LogP contribution in [0.2, 0.25) is 0 Å². The smallest absolute Gasteiger partial charge is 0.422 e. The molecule has 3 heterocycles. The quantitative estimate of drug-likeness (QED) is 0.379. The van der Waals surface area contributed by atoms with Gasteiger partial charge in [-0.25, -0.2) is 4.79 Å². The Hall–Kier alpha value is -3.03. The minimum absolute atomic E-state index is 0.0761. The Kier molecular flexibility index (Phi) is 8.38. The molecule has 238 valence electrons. The summed E-state index contributed by atoms with van der Waals surface area (Å²) in [5.74, 6) is -1.49. The van der Waals surface area contributed by atoms with Gasteiger partial charge in [-0.1, -0.05) is 0 Å². The predicted molar refractivity (Wildman–Crippen MR) is 144 cm³/mol. The molecule has 1 saturated heterocycles. The van der Waals surface area contributed by atoms with Crippen molar-refractivity contribution in [3.63, 3.8) is 0 Å². The van der Waals surface area contributed by atoms with Crippen LogP contribution < -0.4 is 9.47 Å². The van der Waals surface area contributed by atoms with Gasteiger partial charge in [-0.15, -0.1) is 0 Å². The fraction of sp³-hybridized carbons (Fsp3) is 0.667. The number of methoxy groups -OCH3 is 1. The fourth-order valence-corrected chi connectivity index (χ4v) is 6.85. The van der Waals surface area contributed by atoms with Gasteiger partial charge in [-0.2, -0.15) is 13.2 Å². The van der Waals surface area contributed by atoms with Gasteiger partial charge < -0.3 is 33.9 Å². The van der Waals surface area contributed by atoms with E-state index >= 15 is 0 Å². The van der Waals surface area contributed by atoms with Crippen LogP contribution >= 0.6 is 0 Å². The molecular formula is C30H38F3NO9. The first-order valence-corrected chi connectivity index (χ1v) is 14.5. The number of aliphatic hydroxyl groups is 2. The lowest BCUT2D eigenvalue weighted by molar-refractivity contribution is -0.193. The topological polar surface area (TPSA) is 124 Å². The first-order valence-electron chi connectivity index (χ1n) is 14.5. The van der Waals surface area contributed by atoms with Gasteiger partial charge in [0.15, 0.2) is 29.8 Å². The van der Waals surface area contributed by atoms with E-state index in [1.807, 2.05) is 18.2 Å². The van der Waals surface area contributed by atoms with Crippen molar-refractivity contribution in [3.05, 3.63) is 35.1 Å². The molecule has 1 fully saturated rings. The van der Waals surface area contributed by atoms with Crippen LogP contribution in [0.25, 0.3) is 0 Å². The number of hydrogen-bond acceptors (Lipinski definition) is 10. The molecule has 3 aliphatic heterocycles. The van der Waals surface area contributed by atoms with Crippen molar-refractivity contribution in [1.29, 1.82) is 0 Å². The average molecular weight is 614 g/mol. The molecule has 2 N–H and O–H groups in total. The van der Waals surface area contributed by atoms with E-state index in [-0.39, 0.29) is 26.1 Å². The van der Waals surface area contributed by atoms with Gasteiger partial charge in [0.05, 0.1) is 30.6 Å². The molecule has 0 aromatic heterocycles. The van der Waals surface area contributed by atoms with Crippen LogP contribution in [0.1, 0.15) is 69.4 Å². The van der Waals surface area contributed by atoms with Gasteiger partial charge in [0.25, 0.3) is 0 Å². The second-order valence-corrected chi connectivity index (χ2v) is 12.4. The summed E-state index contributed by atoms with van der Waals surface area (Å²) in [6.07, 6.45) is -2.64. The zero-order valence-electron chi connectivity index (χ0n) is 24.5. The Morgan fingerprint density at radius 2 is 1.84 bits per heavy atom. The van der Waals surface area contributed by atoms with E-state index in [1.165, 1.54) is 21.0 Å². The Balaban J connectivity index is 1.47. The molecule has 10 nitrogen and oxygen atoms in total. The van der Waals surface area contributed by atoms with Gasteiger partial charge in [-0.3, -0.25) is 9.69 Å². The molecule has 1 aliphatic carbocycles. The first kappa shape index (κ1) is 31.4. The van der Waals surface area contributed by atoms with Crippen LogP contribution in [-0.2, 0) is 30.2 Å². The third kappa shape index (κ3) is 6.44. The molecule has 43 heavy (non-hydrogen) atoms. The molecule has 1 unspecified atom stereocenters. The standard InChI is InChI=1S/C30H38F3NO9/c1-27(2,37)7-4-9-29(38,15-23(35)40-16-30(31,32)33)26(36)43-25-22(39-3)14-28-8-5-10-34(28)11-6-18-12-20-21(42-17-41-20)13-19(18)24(25)28/h12-14,24-25,37-38H,4-11,15-17H2,1-3H3/t24-,25?,28+,29+/m1/s1. The monoisotopic (exact) mass is 613 g/mol. The van der Waals surface area contributed by atoms with Crippen molar-refractivity contribution in [3.8, 4) is 11.5 Å². The molecule has 13 heteroatoms. The van der Waals surface area contributed by atoms with Crippen molar-refractivity contribution in [2.24, 2.45) is 0 Å². The van der Waals surface area contributed by atoms with E-state index in [4.69, 9.17) is 18.9 Å². The number of fused-ring (bicyclic) bond motifs is 3. The van der Waals surface area contributed by atoms with E-state index in [0.29, 0.717) is 23.7 Å². The van der Waals surface area contributed by atoms with E-state index in [9.17, 15) is 33.0 Å². The van der Waals surface area contributed by atoms with Crippen LogP contribution in [0, 0.1) is 0 Å². The Labute approximate surface area is 247 Å². The number of alkyl halides is 3. The van der Waals surface area contributed by atoms with Gasteiger partial charge in [-0.05, 0) is 88.3 Å². The lowest BCUT2D eigenvalue weighted by Gasteiger charge is -2.39. The summed E-state index contributed by atoms with van der Waals surface area (Å²) < 4.78 is 65.4. The number of benzene rings is 1. The second-order valence-electron chi connectivity index (χ2n) is 12.4. The van der Waals surface area contributed by atoms with E-state index in [0.717, 1.165) is 37.1 Å². The third-order valence-electron chi connectivity index (χ3n) is 8.79. The molecule has 1 spiro atoms. The summed E-state index contributed by atoms with van der Waals surface area (Å²) in [6.45, 7) is 2.87. The average Bonchev–Trinajstić information content (AvgIpc) is 3.60. The summed E-state index contributed by atoms with van der Waals surface area (Å²) in [5.41, 5.74) is -2.34. The molecule has 4 aliphatic rings. The maximum Gasteiger partial charge on any atom is 0.422 e. The van der Waals surface area contributed by atoms with Crippen LogP contribution in [0.5, 0.6) is 11.5 Å². The van der Waals surface area contributed by atoms with Crippen molar-refractivity contribution in [2.45, 2.75) is 93.7 Å². The maximum absolute atomic E-state index is 13.8. The van der Waals surface area contributed by atoms with E-state index in [2.05, 4.69) is 9.64 Å². The highest BCUT2D eigenvalue weighted by molar-refractivity contribution is 5.86. The minimum Gasteiger partial charge on any atom is -0.497 e. The summed E-state index contributed by atoms with van der Waals surface area (Å²) in [5, 5.41) is 21.7. The molecular weight excluding hydrogens is 575 g/mol. The Morgan fingerprint density at radius 3 is 2.51 bits per heavy atom. The van der Waals surface area contributed by atoms with Crippen molar-refractivity contribution in [1.82, 2.24) is 4.90 Å². The third-order valence-corrected chi connectivity index (χ3v) is 8.79. The second kappa shape index (κ2) is 11.5. The number of hydrogen-bond donors (Lipinski definition) is 2. The molecule has 4 atom stereocenters. The highest BCUT2D eigenvalue weighted by Crippen LogP contribution is 2.55. The molecule has 0 bridgehead atoms. The molecule has 5 rings (SSSR count). The van der Waals surface area contributed by atoms with Gasteiger partial charge in [0.2, 0.25) is 6.79 Å². The fourth-order valence-electron chi connectivity index (χ4n) is 6.85. The molecule has 0 saturated carbocycles. The zero-order chi connectivity index (χ0) is 31.2. The summed E-state index contributed by atoms with van der Waals surface area (Å²) in [4.78, 5) is 28.6. The van der Waals surface area contributed by atoms with Crippen molar-refractivity contribution < 1.29 is 56.7 Å². The van der Waals surface area contributed by atoms with Gasteiger partial charge >= 0.3 is 18.1 Å². The number of nitrogens with zero attached hydrogens (tertiary/aromatic N) is 1. The zero-order valence-corrected chi connectivity index (χ0v) is 24.5. The van der Waals surface area contributed by atoms with Crippen LogP contribution in [0.4, 0.5) is 13.2 Å². The van der Waals surface area contributed by atoms with Crippen LogP contribution in [0.3, 0.4) is 0 Å². The molecule has 1 aromatic carbocycles. The van der Waals surface area contributed by atoms with Gasteiger partial charge in [0, 0.05) is 6.54 Å². The number of ether oxygens (including phenoxy) is 5. The lowest BCUT2D eigenvalue weighted by atomic mass is 9.77. The largest absolute Gasteiger partial charge is 0.497 e. The maximum atomic E-state index is 13.8. The van der Waals surface area contributed by atoms with Gasteiger partial charge in [0.1, 0.15) is 5.76 Å². The highest BCUT2D eigenvalue weighted by Gasteiger charge is 2.59. The SMILES string of the molecule is COC1=C[C@]23CCCN2CCc2cc4c(cc2[C@@H]3C1OC(=O)[C@](O)(CCCC(C)(C)O)CC(=O)OCC(F)(F)F)OCO4. The van der Waals surface area contributed by atoms with Crippen LogP contribution in [-0.4, -0.2) is 89.7 Å². The van der Waals surface area contributed by atoms with E-state index < -0.39 is 59.9 Å². The number of carbonyl (C=O) groups is 2. The highest BCUT2D eigenvalue weighted by atomic mass is 19.4. The van der Waals surface area contributed by atoms with Crippen molar-refractivity contribution in [2.75, 3.05) is 33.6 Å². The summed E-state index contributed by atoms with van der Waals surface area (Å²) >= 11 is 0. The van der Waals surface area contributed by atoms with Crippen LogP contribution in [0.15, 0.2) is 24.0 Å². The predicted octanol–water partition coefficient (Wildman–Crippen LogP) is 3.51. The minimum atomic E-state index is -4.78. The number of halogens is 3. The number of esters is 2. The van der Waals surface area contributed by atoms with Crippen molar-refractivity contribution >= 4 is 11.9 Å². The van der Waals surface area contributed by atoms with E-state index in [1.54, 1.807) is 0 Å². The normalized spacial score (nSPS) is 26.0. The summed E-state index contributed by atoms with van der Waals surface area (Å²) in [6, 6.07) is 3.82. The lowest BCUT2D eigenvalue weighted by Crippen LogP contribution is -2.49. The first-order chi connectivity index (χ1) is 20.1. The number of carbonyl (C=O) groups excluding carboxylic acids is 2. The summed E-state index contributed by atoms with van der Waals surface area (Å²) in [7, 11) is 1.46. The molecule has 0 amide bonds. The molecule has 1 aromatic rings. The number of rotatable bonds is 10. The Morgan fingerprint density at radius 1 is 1.12 bits per heavy atom. The Bertz CT molecular complexity index is 1280.